The van der Waals surface area contributed by atoms with Crippen LogP contribution in [0.3, 0.4) is 0 Å². The number of imidazole rings is 1. The molecule has 248 valence electrons. The number of thiol groups is 1. The Morgan fingerprint density at radius 1 is 0.837 bits per heavy atom. The summed E-state index contributed by atoms with van der Waals surface area (Å²) in [6.45, 7) is 4.99. The number of hydrogen-bond acceptors (Lipinski definition) is 5. The van der Waals surface area contributed by atoms with Crippen molar-refractivity contribution in [1.29, 1.82) is 0 Å². The Balaban J connectivity index is 1.23. The molecule has 0 aliphatic rings. The van der Waals surface area contributed by atoms with Crippen molar-refractivity contribution in [3.8, 4) is 11.1 Å². The smallest absolute Gasteiger partial charge is 0.339 e. The van der Waals surface area contributed by atoms with Crippen molar-refractivity contribution < 1.29 is 14.3 Å². The van der Waals surface area contributed by atoms with Crippen LogP contribution >= 0.6 is 12.6 Å². The van der Waals surface area contributed by atoms with E-state index >= 15 is 0 Å². The molecule has 0 aliphatic carbocycles. The number of esters is 1. The molecule has 1 atom stereocenters. The lowest BCUT2D eigenvalue weighted by atomic mass is 9.98. The van der Waals surface area contributed by atoms with E-state index in [0.29, 0.717) is 29.8 Å². The van der Waals surface area contributed by atoms with Crippen molar-refractivity contribution in [2.24, 2.45) is 0 Å². The monoisotopic (exact) mass is 667 g/mol. The second-order valence-electron chi connectivity index (χ2n) is 12.4. The van der Waals surface area contributed by atoms with Crippen molar-refractivity contribution in [2.45, 2.75) is 52.3 Å². The lowest BCUT2D eigenvalue weighted by Gasteiger charge is -2.17. The molecule has 6 rings (SSSR count). The van der Waals surface area contributed by atoms with Crippen LogP contribution in [0.4, 0.5) is 0 Å². The largest absolute Gasteiger partial charge is 0.457 e. The highest BCUT2D eigenvalue weighted by Crippen LogP contribution is 2.28. The van der Waals surface area contributed by atoms with Crippen LogP contribution in [0.1, 0.15) is 62.1 Å². The average molecular weight is 668 g/mol. The zero-order chi connectivity index (χ0) is 34.2. The van der Waals surface area contributed by atoms with E-state index in [1.54, 1.807) is 6.07 Å². The Morgan fingerprint density at radius 2 is 1.51 bits per heavy atom. The Morgan fingerprint density at radius 3 is 2.20 bits per heavy atom. The Kier molecular flexibility index (Phi) is 10.9. The lowest BCUT2D eigenvalue weighted by molar-refractivity contribution is 0.0473. The molecule has 0 saturated heterocycles. The standard InChI is InChI=1S/C42H41N3O3S/c1-3-12-39-44-40-29(2)23-34(41(46)43-35(28-49)24-30-13-6-4-7-14-30)25-38(40)45(39)26-31-19-21-33(22-20-31)36-17-10-11-18-37(36)42(47)48-27-32-15-8-5-9-16-32/h4-11,13-23,25,35,49H,3,12,24,26-28H2,1-2H3,(H,43,46)/t35-/m1/s1. The molecule has 1 heterocycles. The number of nitrogens with zero attached hydrogens (tertiary/aromatic N) is 2. The first-order valence-corrected chi connectivity index (χ1v) is 17.4. The first-order valence-electron chi connectivity index (χ1n) is 16.8. The molecule has 0 bridgehead atoms. The number of aromatic nitrogens is 2. The Bertz CT molecular complexity index is 2040. The maximum absolute atomic E-state index is 13.6. The van der Waals surface area contributed by atoms with Gasteiger partial charge in [0.2, 0.25) is 0 Å². The highest BCUT2D eigenvalue weighted by Gasteiger charge is 2.19. The van der Waals surface area contributed by atoms with Crippen LogP contribution in [0.5, 0.6) is 0 Å². The van der Waals surface area contributed by atoms with E-state index in [4.69, 9.17) is 9.72 Å². The first-order chi connectivity index (χ1) is 23.9. The third-order valence-electron chi connectivity index (χ3n) is 8.71. The van der Waals surface area contributed by atoms with Gasteiger partial charge < -0.3 is 14.6 Å². The van der Waals surface area contributed by atoms with E-state index in [0.717, 1.165) is 63.1 Å². The number of aryl methyl sites for hydroxylation is 2. The van der Waals surface area contributed by atoms with Crippen molar-refractivity contribution in [3.05, 3.63) is 161 Å². The first kappa shape index (κ1) is 33.7. The predicted octanol–water partition coefficient (Wildman–Crippen LogP) is 8.64. The molecule has 0 spiro atoms. The van der Waals surface area contributed by atoms with Crippen molar-refractivity contribution in [2.75, 3.05) is 5.75 Å². The molecule has 0 aliphatic heterocycles. The Hall–Kier alpha value is -5.14. The lowest BCUT2D eigenvalue weighted by Crippen LogP contribution is -2.37. The summed E-state index contributed by atoms with van der Waals surface area (Å²) in [5.41, 5.74) is 8.92. The third kappa shape index (κ3) is 8.12. The van der Waals surface area contributed by atoms with Gasteiger partial charge in [0.15, 0.2) is 0 Å². The summed E-state index contributed by atoms with van der Waals surface area (Å²) in [7, 11) is 0. The van der Waals surface area contributed by atoms with Gasteiger partial charge >= 0.3 is 5.97 Å². The minimum atomic E-state index is -0.353. The normalized spacial score (nSPS) is 11.7. The fourth-order valence-corrected chi connectivity index (χ4v) is 6.40. The average Bonchev–Trinajstić information content (AvgIpc) is 3.48. The number of hydrogen-bond donors (Lipinski definition) is 2. The number of nitrogens with one attached hydrogen (secondary N) is 1. The summed E-state index contributed by atoms with van der Waals surface area (Å²) < 4.78 is 7.88. The molecule has 1 amide bonds. The molecule has 5 aromatic carbocycles. The van der Waals surface area contributed by atoms with E-state index in [1.165, 1.54) is 0 Å². The zero-order valence-corrected chi connectivity index (χ0v) is 28.8. The maximum atomic E-state index is 13.6. The number of rotatable bonds is 13. The van der Waals surface area contributed by atoms with Gasteiger partial charge in [0.1, 0.15) is 12.4 Å². The van der Waals surface area contributed by atoms with Gasteiger partial charge in [-0.2, -0.15) is 12.6 Å². The van der Waals surface area contributed by atoms with E-state index in [1.807, 2.05) is 97.9 Å². The number of benzene rings is 5. The van der Waals surface area contributed by atoms with E-state index < -0.39 is 0 Å². The van der Waals surface area contributed by atoms with Crippen LogP contribution in [0.2, 0.25) is 0 Å². The molecule has 49 heavy (non-hydrogen) atoms. The number of fused-ring (bicyclic) bond motifs is 1. The molecule has 0 saturated carbocycles. The van der Waals surface area contributed by atoms with Gasteiger partial charge in [-0.1, -0.05) is 110 Å². The zero-order valence-electron chi connectivity index (χ0n) is 27.9. The maximum Gasteiger partial charge on any atom is 0.339 e. The van der Waals surface area contributed by atoms with Gasteiger partial charge in [-0.15, -0.1) is 0 Å². The van der Waals surface area contributed by atoms with Crippen LogP contribution in [0.25, 0.3) is 22.2 Å². The third-order valence-corrected chi connectivity index (χ3v) is 9.15. The van der Waals surface area contributed by atoms with Gasteiger partial charge in [0.05, 0.1) is 16.6 Å². The van der Waals surface area contributed by atoms with Gasteiger partial charge in [0.25, 0.3) is 5.91 Å². The van der Waals surface area contributed by atoms with Crippen LogP contribution in [0.15, 0.2) is 121 Å². The van der Waals surface area contributed by atoms with Gasteiger partial charge in [-0.25, -0.2) is 9.78 Å². The fraction of sp³-hybridized carbons (Fsp3) is 0.214. The summed E-state index contributed by atoms with van der Waals surface area (Å²) in [6.07, 6.45) is 2.49. The Labute approximate surface area is 293 Å². The summed E-state index contributed by atoms with van der Waals surface area (Å²) >= 11 is 4.53. The number of carbonyl (C=O) groups excluding carboxylic acids is 2. The van der Waals surface area contributed by atoms with Gasteiger partial charge in [-0.3, -0.25) is 4.79 Å². The molecular formula is C42H41N3O3S. The predicted molar refractivity (Wildman–Crippen MR) is 200 cm³/mol. The van der Waals surface area contributed by atoms with Crippen molar-refractivity contribution in [1.82, 2.24) is 14.9 Å². The van der Waals surface area contributed by atoms with E-state index in [-0.39, 0.29) is 24.5 Å². The van der Waals surface area contributed by atoms with Crippen molar-refractivity contribution >= 4 is 35.5 Å². The van der Waals surface area contributed by atoms with Crippen molar-refractivity contribution in [3.63, 3.8) is 0 Å². The number of ether oxygens (including phenoxy) is 1. The summed E-state index contributed by atoms with van der Waals surface area (Å²) in [4.78, 5) is 31.7. The van der Waals surface area contributed by atoms with Crippen LogP contribution < -0.4 is 5.32 Å². The highest BCUT2D eigenvalue weighted by atomic mass is 32.1. The van der Waals surface area contributed by atoms with E-state index in [9.17, 15) is 9.59 Å². The summed E-state index contributed by atoms with van der Waals surface area (Å²) in [5.74, 6) is 1.06. The molecule has 1 aromatic heterocycles. The molecule has 0 fully saturated rings. The second kappa shape index (κ2) is 15.8. The highest BCUT2D eigenvalue weighted by molar-refractivity contribution is 7.80. The van der Waals surface area contributed by atoms with Crippen LogP contribution in [0, 0.1) is 6.92 Å². The number of carbonyl (C=O) groups is 2. The van der Waals surface area contributed by atoms with Gasteiger partial charge in [-0.05, 0) is 71.3 Å². The minimum absolute atomic E-state index is 0.0934. The van der Waals surface area contributed by atoms with E-state index in [2.05, 4.69) is 53.7 Å². The molecular weight excluding hydrogens is 627 g/mol. The van der Waals surface area contributed by atoms with Crippen LogP contribution in [-0.4, -0.2) is 33.2 Å². The molecule has 0 unspecified atom stereocenters. The second-order valence-corrected chi connectivity index (χ2v) is 12.7. The van der Waals surface area contributed by atoms with Crippen LogP contribution in [-0.2, 0) is 30.7 Å². The molecule has 0 radical (unpaired) electrons. The SMILES string of the molecule is CCCc1nc2c(C)cc(C(=O)N[C@@H](CS)Cc3ccccc3)cc2n1Cc1ccc(-c2ccccc2C(=O)OCc2ccccc2)cc1. The fourth-order valence-electron chi connectivity index (χ4n) is 6.18. The molecule has 7 heteroatoms. The molecule has 1 N–H and O–H groups in total. The quantitative estimate of drug-likeness (QED) is 0.0956. The minimum Gasteiger partial charge on any atom is -0.457 e. The topological polar surface area (TPSA) is 73.2 Å². The molecule has 6 nitrogen and oxygen atoms in total. The summed E-state index contributed by atoms with van der Waals surface area (Å²) in [5, 5.41) is 3.20. The van der Waals surface area contributed by atoms with Gasteiger partial charge in [0, 0.05) is 30.3 Å². The summed E-state index contributed by atoms with van der Waals surface area (Å²) in [6, 6.07) is 39.5. The molecule has 6 aromatic rings. The number of amides is 1.